The van der Waals surface area contributed by atoms with E-state index in [1.165, 1.54) is 69.4 Å². The van der Waals surface area contributed by atoms with E-state index in [9.17, 15) is 0 Å². The van der Waals surface area contributed by atoms with Crippen LogP contribution in [0.25, 0.3) is 0 Å². The van der Waals surface area contributed by atoms with Crippen LogP contribution in [0.15, 0.2) is 18.2 Å². The van der Waals surface area contributed by atoms with E-state index < -0.39 is 0 Å². The molecule has 2 N–H and O–H groups in total. The Morgan fingerprint density at radius 3 is 2.95 bits per heavy atom. The van der Waals surface area contributed by atoms with Gasteiger partial charge in [-0.15, -0.1) is 0 Å². The highest BCUT2D eigenvalue weighted by molar-refractivity contribution is 5.62. The minimum atomic E-state index is 0.773. The molecule has 3 nitrogen and oxygen atoms in total. The fraction of sp³-hybridized carbons (Fsp3) is 0.647. The third kappa shape index (κ3) is 2.93. The first-order chi connectivity index (χ1) is 9.74. The van der Waals surface area contributed by atoms with Gasteiger partial charge in [-0.05, 0) is 63.4 Å². The van der Waals surface area contributed by atoms with Crippen LogP contribution in [0.5, 0.6) is 0 Å². The molecule has 1 aromatic carbocycles. The van der Waals surface area contributed by atoms with Gasteiger partial charge in [0.2, 0.25) is 0 Å². The average Bonchev–Trinajstić information content (AvgIpc) is 2.46. The van der Waals surface area contributed by atoms with Crippen molar-refractivity contribution in [2.75, 3.05) is 37.3 Å². The Morgan fingerprint density at radius 2 is 2.10 bits per heavy atom. The van der Waals surface area contributed by atoms with Gasteiger partial charge in [-0.2, -0.15) is 0 Å². The van der Waals surface area contributed by atoms with Gasteiger partial charge in [-0.1, -0.05) is 12.5 Å². The van der Waals surface area contributed by atoms with Crippen LogP contribution in [-0.4, -0.2) is 37.6 Å². The smallest absolute Gasteiger partial charge is 0.0419 e. The van der Waals surface area contributed by atoms with Crippen LogP contribution >= 0.6 is 0 Å². The predicted molar refractivity (Wildman–Crippen MR) is 86.3 cm³/mol. The van der Waals surface area contributed by atoms with Crippen molar-refractivity contribution in [3.05, 3.63) is 23.8 Å². The predicted octanol–water partition coefficient (Wildman–Crippen LogP) is 2.90. The molecule has 0 amide bonds. The Kier molecular flexibility index (Phi) is 4.16. The second-order valence-corrected chi connectivity index (χ2v) is 6.40. The lowest BCUT2D eigenvalue weighted by Gasteiger charge is -2.36. The maximum Gasteiger partial charge on any atom is 0.0419 e. The summed E-state index contributed by atoms with van der Waals surface area (Å²) in [4.78, 5) is 5.10. The van der Waals surface area contributed by atoms with Crippen LogP contribution < -0.4 is 10.6 Å². The summed E-state index contributed by atoms with van der Waals surface area (Å²) in [5, 5.41) is 0. The fourth-order valence-corrected chi connectivity index (χ4v) is 3.71. The molecule has 2 heterocycles. The molecule has 0 radical (unpaired) electrons. The number of benzene rings is 1. The summed E-state index contributed by atoms with van der Waals surface area (Å²) in [6, 6.07) is 7.19. The standard InChI is InChI=1S/C17H27N3/c1-19-10-3-2-6-16(19)9-12-20-11-4-5-14-7-8-15(18)13-17(14)20/h7-8,13,16H,2-6,9-12,18H2,1H3. The maximum atomic E-state index is 5.97. The van der Waals surface area contributed by atoms with Crippen molar-refractivity contribution in [1.82, 2.24) is 4.90 Å². The number of nitrogens with two attached hydrogens (primary N) is 1. The average molecular weight is 273 g/mol. The van der Waals surface area contributed by atoms with E-state index in [1.807, 2.05) is 6.07 Å². The van der Waals surface area contributed by atoms with Gasteiger partial charge in [0.15, 0.2) is 0 Å². The van der Waals surface area contributed by atoms with Crippen LogP contribution in [0, 0.1) is 0 Å². The molecular formula is C17H27N3. The van der Waals surface area contributed by atoms with Gasteiger partial charge in [0.1, 0.15) is 0 Å². The molecule has 3 heteroatoms. The lowest BCUT2D eigenvalue weighted by Crippen LogP contribution is -2.40. The number of nitrogen functional groups attached to an aromatic ring is 1. The van der Waals surface area contributed by atoms with Crippen molar-refractivity contribution in [2.45, 2.75) is 44.6 Å². The molecule has 0 spiro atoms. The largest absolute Gasteiger partial charge is 0.399 e. The molecule has 1 atom stereocenters. The summed E-state index contributed by atoms with van der Waals surface area (Å²) in [7, 11) is 2.28. The van der Waals surface area contributed by atoms with Gasteiger partial charge in [-0.3, -0.25) is 0 Å². The molecule has 0 bridgehead atoms. The number of anilines is 2. The normalized spacial score (nSPS) is 23.6. The zero-order valence-corrected chi connectivity index (χ0v) is 12.6. The van der Waals surface area contributed by atoms with Gasteiger partial charge in [0.05, 0.1) is 0 Å². The van der Waals surface area contributed by atoms with Gasteiger partial charge < -0.3 is 15.5 Å². The highest BCUT2D eigenvalue weighted by Crippen LogP contribution is 2.30. The molecule has 1 fully saturated rings. The second-order valence-electron chi connectivity index (χ2n) is 6.40. The first kappa shape index (κ1) is 13.7. The van der Waals surface area contributed by atoms with E-state index in [2.05, 4.69) is 29.0 Å². The van der Waals surface area contributed by atoms with Gasteiger partial charge in [-0.25, -0.2) is 0 Å². The number of likely N-dealkylation sites (tertiary alicyclic amines) is 1. The highest BCUT2D eigenvalue weighted by atomic mass is 15.2. The van der Waals surface area contributed by atoms with Crippen LogP contribution in [0.2, 0.25) is 0 Å². The molecule has 20 heavy (non-hydrogen) atoms. The monoisotopic (exact) mass is 273 g/mol. The Labute approximate surface area is 122 Å². The molecule has 3 rings (SSSR count). The van der Waals surface area contributed by atoms with Crippen LogP contribution in [0.1, 0.15) is 37.7 Å². The van der Waals surface area contributed by atoms with Crippen molar-refractivity contribution in [2.24, 2.45) is 0 Å². The SMILES string of the molecule is CN1CCCCC1CCN1CCCc2ccc(N)cc21. The number of fused-ring (bicyclic) bond motifs is 1. The number of nitrogens with zero attached hydrogens (tertiary/aromatic N) is 2. The lowest BCUT2D eigenvalue weighted by molar-refractivity contribution is 0.177. The first-order valence-corrected chi connectivity index (χ1v) is 8.07. The summed E-state index contributed by atoms with van der Waals surface area (Å²) in [5.41, 5.74) is 9.72. The van der Waals surface area contributed by atoms with Gasteiger partial charge in [0.25, 0.3) is 0 Å². The number of hydrogen-bond donors (Lipinski definition) is 1. The molecule has 0 aliphatic carbocycles. The third-order valence-electron chi connectivity index (χ3n) is 4.98. The minimum absolute atomic E-state index is 0.773. The molecule has 1 unspecified atom stereocenters. The van der Waals surface area contributed by atoms with E-state index in [0.29, 0.717) is 0 Å². The quantitative estimate of drug-likeness (QED) is 0.860. The van der Waals surface area contributed by atoms with Crippen molar-refractivity contribution in [1.29, 1.82) is 0 Å². The second kappa shape index (κ2) is 6.04. The van der Waals surface area contributed by atoms with Crippen molar-refractivity contribution in [3.63, 3.8) is 0 Å². The zero-order valence-electron chi connectivity index (χ0n) is 12.6. The van der Waals surface area contributed by atoms with Crippen LogP contribution in [0.4, 0.5) is 11.4 Å². The van der Waals surface area contributed by atoms with Crippen molar-refractivity contribution < 1.29 is 0 Å². The number of hydrogen-bond acceptors (Lipinski definition) is 3. The number of piperidine rings is 1. The maximum absolute atomic E-state index is 5.97. The summed E-state index contributed by atoms with van der Waals surface area (Å²) in [6.07, 6.45) is 7.90. The molecule has 1 aromatic rings. The van der Waals surface area contributed by atoms with E-state index in [0.717, 1.165) is 11.7 Å². The Balaban J connectivity index is 1.65. The number of rotatable bonds is 3. The fourth-order valence-electron chi connectivity index (χ4n) is 3.71. The summed E-state index contributed by atoms with van der Waals surface area (Å²) in [6.45, 7) is 3.63. The molecule has 2 aliphatic heterocycles. The van der Waals surface area contributed by atoms with E-state index in [-0.39, 0.29) is 0 Å². The lowest BCUT2D eigenvalue weighted by atomic mass is 9.97. The van der Waals surface area contributed by atoms with E-state index in [1.54, 1.807) is 0 Å². The summed E-state index contributed by atoms with van der Waals surface area (Å²) >= 11 is 0. The number of aryl methyl sites for hydroxylation is 1. The molecule has 0 saturated carbocycles. The Bertz CT molecular complexity index is 458. The molecular weight excluding hydrogens is 246 g/mol. The Morgan fingerprint density at radius 1 is 1.20 bits per heavy atom. The minimum Gasteiger partial charge on any atom is -0.399 e. The van der Waals surface area contributed by atoms with Gasteiger partial charge >= 0.3 is 0 Å². The van der Waals surface area contributed by atoms with Crippen molar-refractivity contribution in [3.8, 4) is 0 Å². The Hall–Kier alpha value is -1.22. The molecule has 2 aliphatic rings. The third-order valence-corrected chi connectivity index (χ3v) is 4.98. The molecule has 110 valence electrons. The molecule has 0 aromatic heterocycles. The van der Waals surface area contributed by atoms with E-state index in [4.69, 9.17) is 5.73 Å². The van der Waals surface area contributed by atoms with Crippen LogP contribution in [0.3, 0.4) is 0 Å². The first-order valence-electron chi connectivity index (χ1n) is 8.07. The van der Waals surface area contributed by atoms with Gasteiger partial charge in [0, 0.05) is 30.5 Å². The zero-order chi connectivity index (χ0) is 13.9. The van der Waals surface area contributed by atoms with Crippen LogP contribution in [-0.2, 0) is 6.42 Å². The summed E-state index contributed by atoms with van der Waals surface area (Å²) in [5.74, 6) is 0. The topological polar surface area (TPSA) is 32.5 Å². The van der Waals surface area contributed by atoms with E-state index >= 15 is 0 Å². The summed E-state index contributed by atoms with van der Waals surface area (Å²) < 4.78 is 0. The molecule has 1 saturated heterocycles. The van der Waals surface area contributed by atoms with Crippen molar-refractivity contribution >= 4 is 11.4 Å². The highest BCUT2D eigenvalue weighted by Gasteiger charge is 2.22.